The zero-order valence-corrected chi connectivity index (χ0v) is 9.63. The largest absolute Gasteiger partial charge is 0.393 e. The van der Waals surface area contributed by atoms with Crippen molar-refractivity contribution in [3.05, 3.63) is 0 Å². The first-order chi connectivity index (χ1) is 6.71. The molecule has 0 aliphatic heterocycles. The van der Waals surface area contributed by atoms with Gasteiger partial charge in [-0.2, -0.15) is 0 Å². The normalized spacial score (nSPS) is 48.6. The lowest BCUT2D eigenvalue weighted by Gasteiger charge is -2.48. The number of aliphatic hydroxyl groups is 1. The third-order valence-electron chi connectivity index (χ3n) is 5.07. The Hall–Kier alpha value is -0.0400. The Morgan fingerprint density at radius 3 is 2.57 bits per heavy atom. The van der Waals surface area contributed by atoms with Crippen LogP contribution >= 0.6 is 0 Å². The van der Waals surface area contributed by atoms with Crippen molar-refractivity contribution >= 4 is 0 Å². The minimum Gasteiger partial charge on any atom is -0.393 e. The van der Waals surface area contributed by atoms with Gasteiger partial charge in [-0.3, -0.25) is 0 Å². The molecule has 2 unspecified atom stereocenters. The van der Waals surface area contributed by atoms with Gasteiger partial charge in [0.15, 0.2) is 0 Å². The maximum Gasteiger partial charge on any atom is 0.0601 e. The van der Waals surface area contributed by atoms with Gasteiger partial charge in [0.1, 0.15) is 0 Å². The van der Waals surface area contributed by atoms with E-state index in [2.05, 4.69) is 13.8 Å². The molecule has 14 heavy (non-hydrogen) atoms. The van der Waals surface area contributed by atoms with Gasteiger partial charge in [0.25, 0.3) is 0 Å². The van der Waals surface area contributed by atoms with Crippen LogP contribution in [0.15, 0.2) is 0 Å². The monoisotopic (exact) mass is 196 g/mol. The third kappa shape index (κ3) is 1.32. The predicted octanol–water partition coefficient (Wildman–Crippen LogP) is 3.36. The Bertz CT molecular complexity index is 201. The molecule has 4 atom stereocenters. The van der Waals surface area contributed by atoms with Crippen molar-refractivity contribution in [1.82, 2.24) is 0 Å². The van der Waals surface area contributed by atoms with Gasteiger partial charge in [0.05, 0.1) is 6.10 Å². The van der Waals surface area contributed by atoms with Crippen LogP contribution in [0.1, 0.15) is 58.8 Å². The van der Waals surface area contributed by atoms with E-state index in [4.69, 9.17) is 0 Å². The van der Waals surface area contributed by atoms with Crippen molar-refractivity contribution in [2.45, 2.75) is 64.9 Å². The summed E-state index contributed by atoms with van der Waals surface area (Å²) in [5, 5.41) is 10.3. The lowest BCUT2D eigenvalue weighted by molar-refractivity contribution is -0.0629. The van der Waals surface area contributed by atoms with E-state index >= 15 is 0 Å². The van der Waals surface area contributed by atoms with E-state index in [1.54, 1.807) is 0 Å². The van der Waals surface area contributed by atoms with Crippen molar-refractivity contribution in [3.8, 4) is 0 Å². The van der Waals surface area contributed by atoms with Crippen LogP contribution in [0.4, 0.5) is 0 Å². The summed E-state index contributed by atoms with van der Waals surface area (Å²) in [6.45, 7) is 4.67. The fourth-order valence-corrected chi connectivity index (χ4v) is 4.28. The first kappa shape index (κ1) is 10.5. The summed E-state index contributed by atoms with van der Waals surface area (Å²) in [6, 6.07) is 0. The second-order valence-electron chi connectivity index (χ2n) is 5.46. The van der Waals surface area contributed by atoms with Crippen molar-refractivity contribution < 1.29 is 5.11 Å². The smallest absolute Gasteiger partial charge is 0.0601 e. The van der Waals surface area contributed by atoms with Gasteiger partial charge in [-0.15, -0.1) is 0 Å². The molecule has 0 aromatic heterocycles. The molecule has 2 saturated carbocycles. The highest BCUT2D eigenvalue weighted by atomic mass is 16.3. The highest BCUT2D eigenvalue weighted by Crippen LogP contribution is 2.56. The molecule has 0 aromatic carbocycles. The summed E-state index contributed by atoms with van der Waals surface area (Å²) < 4.78 is 0. The van der Waals surface area contributed by atoms with Crippen LogP contribution < -0.4 is 0 Å². The molecule has 2 aliphatic carbocycles. The molecule has 2 fully saturated rings. The first-order valence-electron chi connectivity index (χ1n) is 6.40. The molecule has 2 rings (SSSR count). The van der Waals surface area contributed by atoms with Gasteiger partial charge >= 0.3 is 0 Å². The van der Waals surface area contributed by atoms with E-state index in [0.29, 0.717) is 5.41 Å². The van der Waals surface area contributed by atoms with E-state index in [1.807, 2.05) is 0 Å². The standard InChI is InChI=1S/C13H24O/c1-3-11-7-4-6-10(2)13(11)9-5-8-12(13)14/h10-12,14H,3-9H2,1-2H3/t10-,11-,12?,13?/m1/s1. The van der Waals surface area contributed by atoms with Crippen LogP contribution in [-0.4, -0.2) is 11.2 Å². The quantitative estimate of drug-likeness (QED) is 0.682. The molecule has 0 aromatic rings. The molecular formula is C13H24O. The summed E-state index contributed by atoms with van der Waals surface area (Å²) in [5.41, 5.74) is 0.312. The second-order valence-corrected chi connectivity index (χ2v) is 5.46. The van der Waals surface area contributed by atoms with E-state index in [1.165, 1.54) is 38.5 Å². The molecule has 0 radical (unpaired) electrons. The minimum absolute atomic E-state index is 0.00255. The molecule has 0 heterocycles. The van der Waals surface area contributed by atoms with E-state index < -0.39 is 0 Å². The molecule has 1 spiro atoms. The van der Waals surface area contributed by atoms with Crippen molar-refractivity contribution in [3.63, 3.8) is 0 Å². The van der Waals surface area contributed by atoms with Gasteiger partial charge in [0, 0.05) is 5.41 Å². The molecule has 2 aliphatic rings. The molecule has 0 bridgehead atoms. The van der Waals surface area contributed by atoms with Crippen LogP contribution in [0, 0.1) is 17.3 Å². The minimum atomic E-state index is 0.00255. The zero-order valence-electron chi connectivity index (χ0n) is 9.63. The molecule has 1 heteroatoms. The highest BCUT2D eigenvalue weighted by Gasteiger charge is 2.51. The molecule has 0 amide bonds. The summed E-state index contributed by atoms with van der Waals surface area (Å²) in [6.07, 6.45) is 8.94. The van der Waals surface area contributed by atoms with Crippen LogP contribution in [0.25, 0.3) is 0 Å². The molecule has 82 valence electrons. The first-order valence-corrected chi connectivity index (χ1v) is 6.40. The SMILES string of the molecule is CC[C@@H]1CCC[C@@H](C)C12CCCC2O. The summed E-state index contributed by atoms with van der Waals surface area (Å²) in [5.74, 6) is 1.54. The lowest BCUT2D eigenvalue weighted by Crippen LogP contribution is -2.45. The van der Waals surface area contributed by atoms with Crippen molar-refractivity contribution in [2.75, 3.05) is 0 Å². The fraction of sp³-hybridized carbons (Fsp3) is 1.00. The Labute approximate surface area is 87.9 Å². The van der Waals surface area contributed by atoms with Gasteiger partial charge in [-0.1, -0.05) is 39.5 Å². The third-order valence-corrected chi connectivity index (χ3v) is 5.07. The summed E-state index contributed by atoms with van der Waals surface area (Å²) in [4.78, 5) is 0. The van der Waals surface area contributed by atoms with Gasteiger partial charge in [-0.05, 0) is 31.1 Å². The Morgan fingerprint density at radius 1 is 1.21 bits per heavy atom. The molecule has 1 nitrogen and oxygen atoms in total. The van der Waals surface area contributed by atoms with E-state index in [-0.39, 0.29) is 6.10 Å². The fourth-order valence-electron chi connectivity index (χ4n) is 4.28. The molecule has 1 N–H and O–H groups in total. The Kier molecular flexibility index (Phi) is 2.88. The maximum atomic E-state index is 10.3. The Morgan fingerprint density at radius 2 is 2.00 bits per heavy atom. The topological polar surface area (TPSA) is 20.2 Å². The summed E-state index contributed by atoms with van der Waals surface area (Å²) >= 11 is 0. The van der Waals surface area contributed by atoms with Crippen LogP contribution in [0.3, 0.4) is 0 Å². The molecule has 0 saturated heterocycles. The second kappa shape index (κ2) is 3.84. The zero-order chi connectivity index (χ0) is 10.2. The lowest BCUT2D eigenvalue weighted by atomic mass is 9.58. The number of aliphatic hydroxyl groups excluding tert-OH is 1. The van der Waals surface area contributed by atoms with Crippen LogP contribution in [0.5, 0.6) is 0 Å². The van der Waals surface area contributed by atoms with E-state index in [0.717, 1.165) is 18.3 Å². The Balaban J connectivity index is 2.25. The average molecular weight is 196 g/mol. The highest BCUT2D eigenvalue weighted by molar-refractivity contribution is 5.01. The number of hydrogen-bond donors (Lipinski definition) is 1. The van der Waals surface area contributed by atoms with Gasteiger partial charge in [0.2, 0.25) is 0 Å². The van der Waals surface area contributed by atoms with Crippen LogP contribution in [-0.2, 0) is 0 Å². The van der Waals surface area contributed by atoms with E-state index in [9.17, 15) is 5.11 Å². The maximum absolute atomic E-state index is 10.3. The number of rotatable bonds is 1. The molecular weight excluding hydrogens is 172 g/mol. The van der Waals surface area contributed by atoms with Gasteiger partial charge in [-0.25, -0.2) is 0 Å². The van der Waals surface area contributed by atoms with Crippen molar-refractivity contribution in [1.29, 1.82) is 0 Å². The van der Waals surface area contributed by atoms with Crippen molar-refractivity contribution in [2.24, 2.45) is 17.3 Å². The predicted molar refractivity (Wildman–Crippen MR) is 59.1 cm³/mol. The number of hydrogen-bond acceptors (Lipinski definition) is 1. The average Bonchev–Trinajstić information content (AvgIpc) is 2.55. The van der Waals surface area contributed by atoms with Crippen LogP contribution in [0.2, 0.25) is 0 Å². The van der Waals surface area contributed by atoms with Gasteiger partial charge < -0.3 is 5.11 Å². The summed E-state index contributed by atoms with van der Waals surface area (Å²) in [7, 11) is 0.